The molecular formula is C24H37NO2Si. The Morgan fingerprint density at radius 1 is 0.821 bits per heavy atom. The molecule has 0 aliphatic heterocycles. The first kappa shape index (κ1) is 22.8. The first-order valence-electron chi connectivity index (χ1n) is 10.2. The summed E-state index contributed by atoms with van der Waals surface area (Å²) in [6.07, 6.45) is -0.0284. The van der Waals surface area contributed by atoms with Crippen LogP contribution in [0.25, 0.3) is 0 Å². The smallest absolute Gasteiger partial charge is 0.192 e. The lowest BCUT2D eigenvalue weighted by Gasteiger charge is -2.36. The maximum atomic E-state index is 6.31. The second-order valence-electron chi connectivity index (χ2n) is 8.98. The van der Waals surface area contributed by atoms with Gasteiger partial charge in [0.1, 0.15) is 6.10 Å². The van der Waals surface area contributed by atoms with Crippen LogP contribution in [0.3, 0.4) is 0 Å². The number of hydrogen-bond acceptors (Lipinski definition) is 3. The summed E-state index contributed by atoms with van der Waals surface area (Å²) in [5.41, 5.74) is 2.38. The number of hydrogen-bond donors (Lipinski definition) is 0. The number of rotatable bonds is 10. The highest BCUT2D eigenvalue weighted by Crippen LogP contribution is 2.36. The summed E-state index contributed by atoms with van der Waals surface area (Å²) >= 11 is 0. The third kappa shape index (κ3) is 6.85. The Balaban J connectivity index is 1.84. The van der Waals surface area contributed by atoms with Gasteiger partial charge in [0, 0.05) is 19.7 Å². The van der Waals surface area contributed by atoms with Crippen molar-refractivity contribution in [2.24, 2.45) is 0 Å². The van der Waals surface area contributed by atoms with E-state index in [1.165, 1.54) is 11.1 Å². The summed E-state index contributed by atoms with van der Waals surface area (Å²) in [7, 11) is 0.470. The predicted molar refractivity (Wildman–Crippen MR) is 121 cm³/mol. The molecule has 0 saturated heterocycles. The third-order valence-corrected chi connectivity index (χ3v) is 10.2. The summed E-state index contributed by atoms with van der Waals surface area (Å²) in [5.74, 6) is 0. The van der Waals surface area contributed by atoms with Gasteiger partial charge in [0.25, 0.3) is 0 Å². The van der Waals surface area contributed by atoms with Crippen molar-refractivity contribution in [2.75, 3.05) is 33.4 Å². The molecule has 0 aliphatic rings. The normalized spacial score (nSPS) is 12.7. The fraction of sp³-hybridized carbons (Fsp3) is 0.500. The van der Waals surface area contributed by atoms with E-state index in [-0.39, 0.29) is 11.1 Å². The van der Waals surface area contributed by atoms with Gasteiger partial charge in [-0.25, -0.2) is 0 Å². The lowest BCUT2D eigenvalue weighted by atomic mass is 10.0. The second kappa shape index (κ2) is 10.4. The van der Waals surface area contributed by atoms with E-state index in [9.17, 15) is 0 Å². The van der Waals surface area contributed by atoms with Crippen LogP contribution in [0.1, 0.15) is 38.0 Å². The molecule has 28 heavy (non-hydrogen) atoms. The Morgan fingerprint density at radius 3 is 1.75 bits per heavy atom. The standard InChI is InChI=1S/C24H37NO2Si/c1-24(2,3)28(5,6)27-20-18-25(4)17-19-26-23(21-13-9-7-10-14-21)22-15-11-8-12-16-22/h7-16,23H,17-20H2,1-6H3. The van der Waals surface area contributed by atoms with Gasteiger partial charge in [0.2, 0.25) is 0 Å². The van der Waals surface area contributed by atoms with Crippen molar-refractivity contribution in [2.45, 2.75) is 45.0 Å². The summed E-state index contributed by atoms with van der Waals surface area (Å²) in [5, 5.41) is 0.257. The maximum absolute atomic E-state index is 6.31. The van der Waals surface area contributed by atoms with E-state index in [4.69, 9.17) is 9.16 Å². The van der Waals surface area contributed by atoms with Crippen LogP contribution >= 0.6 is 0 Å². The minimum absolute atomic E-state index is 0.0284. The molecule has 0 heterocycles. The first-order valence-corrected chi connectivity index (χ1v) is 13.2. The van der Waals surface area contributed by atoms with Gasteiger partial charge in [0.15, 0.2) is 8.32 Å². The SMILES string of the molecule is CN(CCOC(c1ccccc1)c1ccccc1)CCO[Si](C)(C)C(C)(C)C. The first-order chi connectivity index (χ1) is 13.2. The molecule has 3 nitrogen and oxygen atoms in total. The van der Waals surface area contributed by atoms with Gasteiger partial charge >= 0.3 is 0 Å². The second-order valence-corrected chi connectivity index (χ2v) is 13.8. The van der Waals surface area contributed by atoms with Gasteiger partial charge in [-0.05, 0) is 36.3 Å². The highest BCUT2D eigenvalue weighted by molar-refractivity contribution is 6.74. The van der Waals surface area contributed by atoms with Crippen LogP contribution in [0.4, 0.5) is 0 Å². The molecule has 0 amide bonds. The highest BCUT2D eigenvalue weighted by atomic mass is 28.4. The van der Waals surface area contributed by atoms with Gasteiger partial charge < -0.3 is 14.1 Å². The van der Waals surface area contributed by atoms with Gasteiger partial charge in [0.05, 0.1) is 6.61 Å². The average Bonchev–Trinajstić information content (AvgIpc) is 2.65. The predicted octanol–water partition coefficient (Wildman–Crippen LogP) is 5.75. The fourth-order valence-corrected chi connectivity index (χ4v) is 3.79. The van der Waals surface area contributed by atoms with Crippen LogP contribution in [0.15, 0.2) is 60.7 Å². The van der Waals surface area contributed by atoms with E-state index >= 15 is 0 Å². The lowest BCUT2D eigenvalue weighted by molar-refractivity contribution is 0.0620. The largest absolute Gasteiger partial charge is 0.416 e. The van der Waals surface area contributed by atoms with Crippen molar-refractivity contribution in [3.05, 3.63) is 71.8 Å². The quantitative estimate of drug-likeness (QED) is 0.475. The van der Waals surface area contributed by atoms with Crippen LogP contribution in [0.5, 0.6) is 0 Å². The van der Waals surface area contributed by atoms with Crippen LogP contribution < -0.4 is 0 Å². The zero-order valence-corrected chi connectivity index (χ0v) is 19.4. The summed E-state index contributed by atoms with van der Waals surface area (Å²) in [6, 6.07) is 20.9. The van der Waals surface area contributed by atoms with Crippen molar-refractivity contribution in [3.8, 4) is 0 Å². The van der Waals surface area contributed by atoms with E-state index in [0.29, 0.717) is 6.61 Å². The summed E-state index contributed by atoms with van der Waals surface area (Å²) in [6.45, 7) is 14.7. The highest BCUT2D eigenvalue weighted by Gasteiger charge is 2.36. The number of benzene rings is 2. The molecule has 4 heteroatoms. The molecule has 154 valence electrons. The van der Waals surface area contributed by atoms with Gasteiger partial charge in [-0.2, -0.15) is 0 Å². The van der Waals surface area contributed by atoms with Crippen LogP contribution in [0, 0.1) is 0 Å². The zero-order chi connectivity index (χ0) is 20.6. The Kier molecular flexibility index (Phi) is 8.44. The van der Waals surface area contributed by atoms with Crippen molar-refractivity contribution in [3.63, 3.8) is 0 Å². The van der Waals surface area contributed by atoms with Gasteiger partial charge in [-0.1, -0.05) is 81.4 Å². The molecule has 0 unspecified atom stereocenters. The van der Waals surface area contributed by atoms with Gasteiger partial charge in [-0.15, -0.1) is 0 Å². The molecule has 0 spiro atoms. The van der Waals surface area contributed by atoms with Crippen molar-refractivity contribution >= 4 is 8.32 Å². The number of ether oxygens (including phenoxy) is 1. The van der Waals surface area contributed by atoms with E-state index in [1.807, 2.05) is 12.1 Å². The van der Waals surface area contributed by atoms with E-state index < -0.39 is 8.32 Å². The molecule has 0 saturated carbocycles. The van der Waals surface area contributed by atoms with Crippen LogP contribution in [0.2, 0.25) is 18.1 Å². The minimum atomic E-state index is -1.67. The van der Waals surface area contributed by atoms with E-state index in [1.54, 1.807) is 0 Å². The molecule has 2 rings (SSSR count). The lowest BCUT2D eigenvalue weighted by Crippen LogP contribution is -2.42. The Hall–Kier alpha value is -1.46. The average molecular weight is 400 g/mol. The maximum Gasteiger partial charge on any atom is 0.192 e. The molecule has 0 aliphatic carbocycles. The molecule has 2 aromatic carbocycles. The molecule has 0 N–H and O–H groups in total. The van der Waals surface area contributed by atoms with Crippen LogP contribution in [-0.2, 0) is 9.16 Å². The molecule has 0 atom stereocenters. The van der Waals surface area contributed by atoms with Gasteiger partial charge in [-0.3, -0.25) is 0 Å². The molecule has 0 bridgehead atoms. The number of nitrogens with zero attached hydrogens (tertiary/aromatic N) is 1. The zero-order valence-electron chi connectivity index (χ0n) is 18.4. The molecule has 0 fully saturated rings. The summed E-state index contributed by atoms with van der Waals surface area (Å²) < 4.78 is 12.6. The topological polar surface area (TPSA) is 21.7 Å². The molecule has 0 aromatic heterocycles. The van der Waals surface area contributed by atoms with E-state index in [0.717, 1.165) is 19.7 Å². The Bertz CT molecular complexity index is 643. The third-order valence-electron chi connectivity index (χ3n) is 5.70. The van der Waals surface area contributed by atoms with E-state index in [2.05, 4.69) is 94.3 Å². The minimum Gasteiger partial charge on any atom is -0.416 e. The Morgan fingerprint density at radius 2 is 1.29 bits per heavy atom. The van der Waals surface area contributed by atoms with Crippen molar-refractivity contribution in [1.29, 1.82) is 0 Å². The molecular weight excluding hydrogens is 362 g/mol. The molecule has 2 aromatic rings. The fourth-order valence-electron chi connectivity index (χ4n) is 2.75. The number of likely N-dealkylation sites (N-methyl/N-ethyl adjacent to an activating group) is 1. The van der Waals surface area contributed by atoms with Crippen LogP contribution in [-0.4, -0.2) is 46.6 Å². The monoisotopic (exact) mass is 399 g/mol. The van der Waals surface area contributed by atoms with Crippen molar-refractivity contribution in [1.82, 2.24) is 4.90 Å². The van der Waals surface area contributed by atoms with Crippen molar-refractivity contribution < 1.29 is 9.16 Å². The molecule has 0 radical (unpaired) electrons. The summed E-state index contributed by atoms with van der Waals surface area (Å²) in [4.78, 5) is 2.29. The Labute approximate surface area is 172 Å².